The van der Waals surface area contributed by atoms with Gasteiger partial charge in [0.05, 0.1) is 18.8 Å². The van der Waals surface area contributed by atoms with Crippen molar-refractivity contribution in [3.63, 3.8) is 0 Å². The largest absolute Gasteiger partial charge is 0.416 e. The first-order valence-electron chi connectivity index (χ1n) is 7.12. The van der Waals surface area contributed by atoms with E-state index >= 15 is 0 Å². The molecular weight excluding hydrogens is 333 g/mol. The predicted molar refractivity (Wildman–Crippen MR) is 78.9 cm³/mol. The molecule has 0 aliphatic carbocycles. The second-order valence-electron chi connectivity index (χ2n) is 5.33. The summed E-state index contributed by atoms with van der Waals surface area (Å²) in [4.78, 5) is 0. The van der Waals surface area contributed by atoms with Crippen molar-refractivity contribution < 1.29 is 26.3 Å². The molecule has 0 saturated carbocycles. The SMILES string of the molecule is C[C@@H](c1ccc(C(F)(F)F)cc1)N(C)S(=O)(=O)N1CCOCC1. The van der Waals surface area contributed by atoms with Crippen molar-refractivity contribution in [1.29, 1.82) is 0 Å². The summed E-state index contributed by atoms with van der Waals surface area (Å²) < 4.78 is 70.5. The van der Waals surface area contributed by atoms with E-state index in [0.717, 1.165) is 12.1 Å². The lowest BCUT2D eigenvalue weighted by Crippen LogP contribution is -2.47. The zero-order valence-electron chi connectivity index (χ0n) is 12.9. The molecule has 0 amide bonds. The van der Waals surface area contributed by atoms with E-state index in [1.165, 1.54) is 27.8 Å². The highest BCUT2D eigenvalue weighted by molar-refractivity contribution is 7.86. The van der Waals surface area contributed by atoms with Gasteiger partial charge in [-0.25, -0.2) is 0 Å². The summed E-state index contributed by atoms with van der Waals surface area (Å²) >= 11 is 0. The van der Waals surface area contributed by atoms with Crippen LogP contribution in [-0.4, -0.2) is 50.4 Å². The van der Waals surface area contributed by atoms with Crippen LogP contribution in [0.25, 0.3) is 0 Å². The lowest BCUT2D eigenvalue weighted by molar-refractivity contribution is -0.137. The molecule has 0 bridgehead atoms. The van der Waals surface area contributed by atoms with Gasteiger partial charge in [-0.2, -0.15) is 30.2 Å². The fraction of sp³-hybridized carbons (Fsp3) is 0.571. The molecule has 1 fully saturated rings. The van der Waals surface area contributed by atoms with Crippen molar-refractivity contribution in [3.8, 4) is 0 Å². The molecule has 9 heteroatoms. The van der Waals surface area contributed by atoms with Crippen LogP contribution in [0.2, 0.25) is 0 Å². The highest BCUT2D eigenvalue weighted by atomic mass is 32.2. The first-order valence-corrected chi connectivity index (χ1v) is 8.52. The third kappa shape index (κ3) is 4.03. The second kappa shape index (κ2) is 6.76. The number of alkyl halides is 3. The number of halogens is 3. The van der Waals surface area contributed by atoms with E-state index < -0.39 is 28.0 Å². The van der Waals surface area contributed by atoms with Crippen LogP contribution in [0, 0.1) is 0 Å². The van der Waals surface area contributed by atoms with E-state index in [-0.39, 0.29) is 13.1 Å². The van der Waals surface area contributed by atoms with Crippen LogP contribution >= 0.6 is 0 Å². The Bertz CT molecular complexity index is 626. The van der Waals surface area contributed by atoms with Crippen LogP contribution in [0.15, 0.2) is 24.3 Å². The van der Waals surface area contributed by atoms with Gasteiger partial charge in [-0.15, -0.1) is 0 Å². The Morgan fingerprint density at radius 3 is 2.17 bits per heavy atom. The standard InChI is InChI=1S/C14H19F3N2O3S/c1-11(12-3-5-13(6-4-12)14(15,16)17)18(2)23(20,21)19-7-9-22-10-8-19/h3-6,11H,7-10H2,1-2H3/t11-/m0/s1. The summed E-state index contributed by atoms with van der Waals surface area (Å²) in [5.74, 6) is 0. The fourth-order valence-electron chi connectivity index (χ4n) is 2.32. The van der Waals surface area contributed by atoms with Crippen LogP contribution in [0.4, 0.5) is 13.2 Å². The van der Waals surface area contributed by atoms with Gasteiger partial charge in [0.1, 0.15) is 0 Å². The van der Waals surface area contributed by atoms with E-state index in [9.17, 15) is 21.6 Å². The van der Waals surface area contributed by atoms with Crippen molar-refractivity contribution >= 4 is 10.2 Å². The van der Waals surface area contributed by atoms with E-state index in [1.807, 2.05) is 0 Å². The number of morpholine rings is 1. The average molecular weight is 352 g/mol. The fourth-order valence-corrected chi connectivity index (χ4v) is 3.82. The highest BCUT2D eigenvalue weighted by Gasteiger charge is 2.33. The number of benzene rings is 1. The topological polar surface area (TPSA) is 49.9 Å². The summed E-state index contributed by atoms with van der Waals surface area (Å²) in [6, 6.07) is 3.95. The molecule has 1 heterocycles. The molecule has 1 atom stereocenters. The molecule has 1 aromatic carbocycles. The van der Waals surface area contributed by atoms with E-state index in [4.69, 9.17) is 4.74 Å². The summed E-state index contributed by atoms with van der Waals surface area (Å²) in [6.45, 7) is 2.85. The second-order valence-corrected chi connectivity index (χ2v) is 7.32. The Hall–Kier alpha value is -1.16. The maximum absolute atomic E-state index is 12.6. The normalized spacial score (nSPS) is 19.0. The predicted octanol–water partition coefficient (Wildman–Crippen LogP) is 2.28. The molecular formula is C14H19F3N2O3S. The first kappa shape index (κ1) is 18.2. The van der Waals surface area contributed by atoms with Crippen LogP contribution in [-0.2, 0) is 21.1 Å². The van der Waals surface area contributed by atoms with Crippen molar-refractivity contribution in [1.82, 2.24) is 8.61 Å². The molecule has 5 nitrogen and oxygen atoms in total. The van der Waals surface area contributed by atoms with Crippen molar-refractivity contribution in [3.05, 3.63) is 35.4 Å². The third-order valence-electron chi connectivity index (χ3n) is 3.93. The third-order valence-corrected chi connectivity index (χ3v) is 5.99. The number of hydrogen-bond donors (Lipinski definition) is 0. The maximum atomic E-state index is 12.6. The molecule has 0 unspecified atom stereocenters. The van der Waals surface area contributed by atoms with Gasteiger partial charge in [0, 0.05) is 26.2 Å². The highest BCUT2D eigenvalue weighted by Crippen LogP contribution is 2.31. The van der Waals surface area contributed by atoms with E-state index in [0.29, 0.717) is 18.8 Å². The first-order chi connectivity index (χ1) is 10.6. The number of hydrogen-bond acceptors (Lipinski definition) is 3. The molecule has 0 radical (unpaired) electrons. The Labute approximate surface area is 133 Å². The van der Waals surface area contributed by atoms with Crippen LogP contribution in [0.1, 0.15) is 24.1 Å². The molecule has 2 rings (SSSR count). The van der Waals surface area contributed by atoms with Gasteiger partial charge < -0.3 is 4.74 Å². The van der Waals surface area contributed by atoms with Gasteiger partial charge in [0.2, 0.25) is 0 Å². The smallest absolute Gasteiger partial charge is 0.379 e. The molecule has 0 spiro atoms. The molecule has 1 aromatic rings. The Balaban J connectivity index is 2.17. The Morgan fingerprint density at radius 1 is 1.17 bits per heavy atom. The molecule has 1 saturated heterocycles. The van der Waals surface area contributed by atoms with Crippen LogP contribution < -0.4 is 0 Å². The lowest BCUT2D eigenvalue weighted by atomic mass is 10.1. The van der Waals surface area contributed by atoms with Gasteiger partial charge in [0.15, 0.2) is 0 Å². The Morgan fingerprint density at radius 2 is 1.70 bits per heavy atom. The minimum atomic E-state index is -4.41. The minimum Gasteiger partial charge on any atom is -0.379 e. The average Bonchev–Trinajstić information content (AvgIpc) is 2.53. The van der Waals surface area contributed by atoms with Crippen molar-refractivity contribution in [2.24, 2.45) is 0 Å². The van der Waals surface area contributed by atoms with Gasteiger partial charge in [-0.3, -0.25) is 0 Å². The zero-order chi connectivity index (χ0) is 17.3. The summed E-state index contributed by atoms with van der Waals surface area (Å²) in [5, 5.41) is 0. The number of ether oxygens (including phenoxy) is 1. The monoisotopic (exact) mass is 352 g/mol. The molecule has 130 valence electrons. The number of rotatable bonds is 4. The molecule has 1 aliphatic rings. The quantitative estimate of drug-likeness (QED) is 0.835. The zero-order valence-corrected chi connectivity index (χ0v) is 13.7. The Kier molecular flexibility index (Phi) is 5.34. The van der Waals surface area contributed by atoms with Gasteiger partial charge in [-0.1, -0.05) is 12.1 Å². The summed E-state index contributed by atoms with van der Waals surface area (Å²) in [6.07, 6.45) is -4.41. The molecule has 1 aliphatic heterocycles. The van der Waals surface area contributed by atoms with Crippen molar-refractivity contribution in [2.45, 2.75) is 19.1 Å². The lowest BCUT2D eigenvalue weighted by Gasteiger charge is -2.33. The van der Waals surface area contributed by atoms with Crippen molar-refractivity contribution in [2.75, 3.05) is 33.4 Å². The van der Waals surface area contributed by atoms with E-state index in [2.05, 4.69) is 0 Å². The maximum Gasteiger partial charge on any atom is 0.416 e. The van der Waals surface area contributed by atoms with Crippen LogP contribution in [0.5, 0.6) is 0 Å². The van der Waals surface area contributed by atoms with E-state index in [1.54, 1.807) is 6.92 Å². The van der Waals surface area contributed by atoms with Gasteiger partial charge in [-0.05, 0) is 24.6 Å². The van der Waals surface area contributed by atoms with Gasteiger partial charge in [0.25, 0.3) is 10.2 Å². The number of nitrogens with zero attached hydrogens (tertiary/aromatic N) is 2. The molecule has 0 N–H and O–H groups in total. The van der Waals surface area contributed by atoms with Crippen LogP contribution in [0.3, 0.4) is 0 Å². The summed E-state index contributed by atoms with van der Waals surface area (Å²) in [7, 11) is -2.26. The molecule has 0 aromatic heterocycles. The molecule has 23 heavy (non-hydrogen) atoms. The van der Waals surface area contributed by atoms with Gasteiger partial charge >= 0.3 is 6.18 Å². The minimum absolute atomic E-state index is 0.270. The summed E-state index contributed by atoms with van der Waals surface area (Å²) in [5.41, 5.74) is -0.260.